The lowest BCUT2D eigenvalue weighted by atomic mass is 10.1. The Morgan fingerprint density at radius 2 is 2.25 bits per heavy atom. The van der Waals surface area contributed by atoms with Crippen LogP contribution in [-0.2, 0) is 4.74 Å². The van der Waals surface area contributed by atoms with Crippen LogP contribution in [-0.4, -0.2) is 23.9 Å². The predicted octanol–water partition coefficient (Wildman–Crippen LogP) is 0.546. The van der Waals surface area contributed by atoms with Gasteiger partial charge in [0, 0.05) is 0 Å². The van der Waals surface area contributed by atoms with E-state index in [4.69, 9.17) is 9.84 Å². The third kappa shape index (κ3) is 1.46. The average molecular weight is 116 g/mol. The van der Waals surface area contributed by atoms with Crippen molar-refractivity contribution in [2.45, 2.75) is 32.0 Å². The number of rotatable bonds is 0. The summed E-state index contributed by atoms with van der Waals surface area (Å²) in [4.78, 5) is 0. The fourth-order valence-electron chi connectivity index (χ4n) is 0.869. The molecule has 0 aromatic heterocycles. The first kappa shape index (κ1) is 6.05. The van der Waals surface area contributed by atoms with Crippen LogP contribution in [0.5, 0.6) is 0 Å². The minimum Gasteiger partial charge on any atom is -0.391 e. The molecule has 1 saturated heterocycles. The highest BCUT2D eigenvalue weighted by atomic mass is 16.5. The summed E-state index contributed by atoms with van der Waals surface area (Å²) in [5.41, 5.74) is 0. The number of hydrogen-bond donors (Lipinski definition) is 1. The van der Waals surface area contributed by atoms with Gasteiger partial charge in [-0.15, -0.1) is 0 Å². The Bertz CT molecular complexity index is 54.9. The van der Waals surface area contributed by atoms with Crippen molar-refractivity contribution in [1.82, 2.24) is 0 Å². The smallest absolute Gasteiger partial charge is 0.0774 e. The molecule has 0 saturated carbocycles. The van der Waals surface area contributed by atoms with Crippen molar-refractivity contribution in [2.75, 3.05) is 6.61 Å². The molecule has 1 N–H and O–H groups in total. The second kappa shape index (κ2) is 2.46. The van der Waals surface area contributed by atoms with Crippen LogP contribution in [0.4, 0.5) is 0 Å². The quantitative estimate of drug-likeness (QED) is 0.500. The van der Waals surface area contributed by atoms with Gasteiger partial charge in [-0.3, -0.25) is 0 Å². The standard InChI is InChI=1S/C6H12O2/c1-5-2-3-6(7)4-8-5/h5-7H,2-4H2,1H3. The molecule has 0 radical (unpaired) electrons. The van der Waals surface area contributed by atoms with Gasteiger partial charge < -0.3 is 9.84 Å². The molecular weight excluding hydrogens is 104 g/mol. The van der Waals surface area contributed by atoms with Crippen LogP contribution < -0.4 is 0 Å². The lowest BCUT2D eigenvalue weighted by Crippen LogP contribution is -2.26. The van der Waals surface area contributed by atoms with E-state index in [9.17, 15) is 0 Å². The van der Waals surface area contributed by atoms with Crippen LogP contribution in [0.3, 0.4) is 0 Å². The molecular formula is C6H12O2. The first-order valence-corrected chi connectivity index (χ1v) is 3.08. The van der Waals surface area contributed by atoms with Gasteiger partial charge in [0.25, 0.3) is 0 Å². The van der Waals surface area contributed by atoms with E-state index in [0.29, 0.717) is 12.7 Å². The fraction of sp³-hybridized carbons (Fsp3) is 1.00. The van der Waals surface area contributed by atoms with Crippen LogP contribution in [0.2, 0.25) is 0 Å². The summed E-state index contributed by atoms with van der Waals surface area (Å²) in [5, 5.41) is 8.90. The summed E-state index contributed by atoms with van der Waals surface area (Å²) >= 11 is 0. The molecule has 2 atom stereocenters. The lowest BCUT2D eigenvalue weighted by molar-refractivity contribution is -0.0472. The second-order valence-electron chi connectivity index (χ2n) is 2.38. The SMILES string of the molecule is CC1CCC(O)CO1. The molecule has 0 aromatic rings. The van der Waals surface area contributed by atoms with Crippen LogP contribution in [0.15, 0.2) is 0 Å². The van der Waals surface area contributed by atoms with E-state index in [-0.39, 0.29) is 6.10 Å². The predicted molar refractivity (Wildman–Crippen MR) is 30.7 cm³/mol. The Hall–Kier alpha value is -0.0800. The molecule has 1 aliphatic heterocycles. The van der Waals surface area contributed by atoms with Crippen molar-refractivity contribution in [1.29, 1.82) is 0 Å². The summed E-state index contributed by atoms with van der Waals surface area (Å²) in [6, 6.07) is 0. The van der Waals surface area contributed by atoms with E-state index < -0.39 is 0 Å². The topological polar surface area (TPSA) is 29.5 Å². The monoisotopic (exact) mass is 116 g/mol. The molecule has 2 unspecified atom stereocenters. The van der Waals surface area contributed by atoms with Crippen molar-refractivity contribution < 1.29 is 9.84 Å². The van der Waals surface area contributed by atoms with E-state index in [1.54, 1.807) is 0 Å². The molecule has 0 amide bonds. The fourth-order valence-corrected chi connectivity index (χ4v) is 0.869. The van der Waals surface area contributed by atoms with Crippen molar-refractivity contribution in [3.63, 3.8) is 0 Å². The molecule has 0 aromatic carbocycles. The Labute approximate surface area is 49.5 Å². The average Bonchev–Trinajstić information content (AvgIpc) is 1.77. The molecule has 1 heterocycles. The summed E-state index contributed by atoms with van der Waals surface area (Å²) in [6.07, 6.45) is 2.06. The molecule has 48 valence electrons. The summed E-state index contributed by atoms with van der Waals surface area (Å²) < 4.78 is 5.14. The number of aliphatic hydroxyl groups excluding tert-OH is 1. The highest BCUT2D eigenvalue weighted by Gasteiger charge is 2.14. The zero-order valence-corrected chi connectivity index (χ0v) is 5.13. The van der Waals surface area contributed by atoms with E-state index in [2.05, 4.69) is 0 Å². The van der Waals surface area contributed by atoms with Crippen LogP contribution in [0, 0.1) is 0 Å². The normalized spacial score (nSPS) is 39.8. The Balaban J connectivity index is 2.19. The molecule has 8 heavy (non-hydrogen) atoms. The highest BCUT2D eigenvalue weighted by Crippen LogP contribution is 2.11. The molecule has 2 heteroatoms. The van der Waals surface area contributed by atoms with Crippen LogP contribution in [0.1, 0.15) is 19.8 Å². The summed E-state index contributed by atoms with van der Waals surface area (Å²) in [5.74, 6) is 0. The van der Waals surface area contributed by atoms with Crippen LogP contribution >= 0.6 is 0 Å². The van der Waals surface area contributed by atoms with Crippen LogP contribution in [0.25, 0.3) is 0 Å². The van der Waals surface area contributed by atoms with Gasteiger partial charge in [-0.1, -0.05) is 0 Å². The van der Waals surface area contributed by atoms with E-state index in [0.717, 1.165) is 12.8 Å². The highest BCUT2D eigenvalue weighted by molar-refractivity contribution is 4.64. The third-order valence-corrected chi connectivity index (χ3v) is 1.48. The van der Waals surface area contributed by atoms with Gasteiger partial charge in [0.05, 0.1) is 18.8 Å². The largest absolute Gasteiger partial charge is 0.391 e. The van der Waals surface area contributed by atoms with Gasteiger partial charge in [0.1, 0.15) is 0 Å². The van der Waals surface area contributed by atoms with E-state index >= 15 is 0 Å². The number of hydrogen-bond acceptors (Lipinski definition) is 2. The molecule has 2 nitrogen and oxygen atoms in total. The van der Waals surface area contributed by atoms with Crippen molar-refractivity contribution >= 4 is 0 Å². The van der Waals surface area contributed by atoms with E-state index in [1.165, 1.54) is 0 Å². The first-order valence-electron chi connectivity index (χ1n) is 3.08. The van der Waals surface area contributed by atoms with Gasteiger partial charge in [-0.05, 0) is 19.8 Å². The molecule has 0 spiro atoms. The van der Waals surface area contributed by atoms with Crippen molar-refractivity contribution in [3.8, 4) is 0 Å². The first-order chi connectivity index (χ1) is 3.79. The molecule has 0 aliphatic carbocycles. The van der Waals surface area contributed by atoms with Gasteiger partial charge in [-0.25, -0.2) is 0 Å². The maximum absolute atomic E-state index is 8.90. The number of aliphatic hydroxyl groups is 1. The third-order valence-electron chi connectivity index (χ3n) is 1.48. The van der Waals surface area contributed by atoms with E-state index in [1.807, 2.05) is 6.92 Å². The van der Waals surface area contributed by atoms with Crippen molar-refractivity contribution in [2.24, 2.45) is 0 Å². The van der Waals surface area contributed by atoms with Gasteiger partial charge in [0.2, 0.25) is 0 Å². The Kier molecular flexibility index (Phi) is 1.86. The molecule has 1 rings (SSSR count). The van der Waals surface area contributed by atoms with Gasteiger partial charge >= 0.3 is 0 Å². The minimum absolute atomic E-state index is 0.203. The number of ether oxygens (including phenoxy) is 1. The van der Waals surface area contributed by atoms with Crippen molar-refractivity contribution in [3.05, 3.63) is 0 Å². The maximum atomic E-state index is 8.90. The zero-order chi connectivity index (χ0) is 5.98. The Morgan fingerprint density at radius 3 is 2.62 bits per heavy atom. The Morgan fingerprint density at radius 1 is 1.50 bits per heavy atom. The molecule has 1 aliphatic rings. The minimum atomic E-state index is -0.203. The summed E-state index contributed by atoms with van der Waals surface area (Å²) in [6.45, 7) is 2.56. The van der Waals surface area contributed by atoms with Gasteiger partial charge in [0.15, 0.2) is 0 Å². The van der Waals surface area contributed by atoms with Gasteiger partial charge in [-0.2, -0.15) is 0 Å². The lowest BCUT2D eigenvalue weighted by Gasteiger charge is -2.22. The second-order valence-corrected chi connectivity index (χ2v) is 2.38. The molecule has 1 fully saturated rings. The zero-order valence-electron chi connectivity index (χ0n) is 5.13. The maximum Gasteiger partial charge on any atom is 0.0774 e. The molecule has 0 bridgehead atoms. The summed E-state index contributed by atoms with van der Waals surface area (Å²) in [7, 11) is 0.